The van der Waals surface area contributed by atoms with E-state index in [9.17, 15) is 5.11 Å². The zero-order valence-electron chi connectivity index (χ0n) is 11.5. The van der Waals surface area contributed by atoms with Crippen LogP contribution < -0.4 is 4.74 Å². The lowest BCUT2D eigenvalue weighted by molar-refractivity contribution is 0.199. The van der Waals surface area contributed by atoms with Crippen LogP contribution in [0, 0.1) is 12.8 Å². The molecule has 0 aromatic heterocycles. The van der Waals surface area contributed by atoms with E-state index in [4.69, 9.17) is 4.74 Å². The lowest BCUT2D eigenvalue weighted by Crippen LogP contribution is -2.05. The number of aliphatic hydroxyl groups excluding tert-OH is 1. The SMILES string of the molecule is Cc1cc([C@H](C)O)ccc1OCCC1CCCC1. The van der Waals surface area contributed by atoms with Gasteiger partial charge in [-0.2, -0.15) is 0 Å². The van der Waals surface area contributed by atoms with Gasteiger partial charge in [0.15, 0.2) is 0 Å². The summed E-state index contributed by atoms with van der Waals surface area (Å²) in [6.07, 6.45) is 6.32. The van der Waals surface area contributed by atoms with Crippen molar-refractivity contribution in [1.82, 2.24) is 0 Å². The molecule has 0 bridgehead atoms. The van der Waals surface area contributed by atoms with Gasteiger partial charge in [-0.1, -0.05) is 31.7 Å². The van der Waals surface area contributed by atoms with Crippen LogP contribution in [-0.2, 0) is 0 Å². The van der Waals surface area contributed by atoms with Gasteiger partial charge in [-0.25, -0.2) is 0 Å². The Morgan fingerprint density at radius 2 is 2.06 bits per heavy atom. The first-order valence-corrected chi connectivity index (χ1v) is 7.08. The second-order valence-corrected chi connectivity index (χ2v) is 5.49. The normalized spacial score (nSPS) is 17.9. The van der Waals surface area contributed by atoms with Crippen LogP contribution in [0.15, 0.2) is 18.2 Å². The van der Waals surface area contributed by atoms with Crippen LogP contribution in [0.4, 0.5) is 0 Å². The number of hydrogen-bond acceptors (Lipinski definition) is 2. The van der Waals surface area contributed by atoms with Gasteiger partial charge >= 0.3 is 0 Å². The molecule has 1 saturated carbocycles. The van der Waals surface area contributed by atoms with E-state index >= 15 is 0 Å². The number of ether oxygens (including phenoxy) is 1. The van der Waals surface area contributed by atoms with Gasteiger partial charge in [0.05, 0.1) is 12.7 Å². The van der Waals surface area contributed by atoms with Crippen LogP contribution >= 0.6 is 0 Å². The Labute approximate surface area is 110 Å². The molecule has 0 amide bonds. The summed E-state index contributed by atoms with van der Waals surface area (Å²) < 4.78 is 5.85. The Bertz CT molecular complexity index is 379. The number of benzene rings is 1. The Balaban J connectivity index is 1.85. The minimum Gasteiger partial charge on any atom is -0.493 e. The topological polar surface area (TPSA) is 29.5 Å². The summed E-state index contributed by atoms with van der Waals surface area (Å²) in [4.78, 5) is 0. The Morgan fingerprint density at radius 3 is 2.67 bits per heavy atom. The van der Waals surface area contributed by atoms with Crippen LogP contribution in [0.5, 0.6) is 5.75 Å². The third-order valence-electron chi connectivity index (χ3n) is 3.94. The van der Waals surface area contributed by atoms with Crippen LogP contribution in [0.25, 0.3) is 0 Å². The van der Waals surface area contributed by atoms with Crippen molar-refractivity contribution >= 4 is 0 Å². The second kappa shape index (κ2) is 6.24. The molecule has 0 saturated heterocycles. The van der Waals surface area contributed by atoms with Crippen LogP contribution in [0.1, 0.15) is 56.3 Å². The molecule has 0 heterocycles. The monoisotopic (exact) mass is 248 g/mol. The van der Waals surface area contributed by atoms with Crippen molar-refractivity contribution in [3.05, 3.63) is 29.3 Å². The summed E-state index contributed by atoms with van der Waals surface area (Å²) in [6, 6.07) is 5.93. The summed E-state index contributed by atoms with van der Waals surface area (Å²) in [5, 5.41) is 9.52. The molecule has 1 aliphatic rings. The molecule has 1 N–H and O–H groups in total. The molecule has 0 spiro atoms. The van der Waals surface area contributed by atoms with Crippen molar-refractivity contribution in [1.29, 1.82) is 0 Å². The molecule has 18 heavy (non-hydrogen) atoms. The number of rotatable bonds is 5. The van der Waals surface area contributed by atoms with Crippen molar-refractivity contribution in [2.75, 3.05) is 6.61 Å². The first-order chi connectivity index (χ1) is 8.66. The molecule has 100 valence electrons. The summed E-state index contributed by atoms with van der Waals surface area (Å²) in [5.41, 5.74) is 2.07. The number of aryl methyl sites for hydroxylation is 1. The molecular weight excluding hydrogens is 224 g/mol. The van der Waals surface area contributed by atoms with Crippen LogP contribution in [0.3, 0.4) is 0 Å². The zero-order valence-corrected chi connectivity index (χ0v) is 11.5. The van der Waals surface area contributed by atoms with E-state index in [1.54, 1.807) is 6.92 Å². The molecule has 1 atom stereocenters. The van der Waals surface area contributed by atoms with E-state index < -0.39 is 6.10 Å². The number of hydrogen-bond donors (Lipinski definition) is 1. The molecule has 1 aromatic carbocycles. The van der Waals surface area contributed by atoms with Crippen molar-refractivity contribution in [2.45, 2.75) is 52.1 Å². The zero-order chi connectivity index (χ0) is 13.0. The highest BCUT2D eigenvalue weighted by atomic mass is 16.5. The highest BCUT2D eigenvalue weighted by Gasteiger charge is 2.14. The van der Waals surface area contributed by atoms with Crippen LogP contribution in [0.2, 0.25) is 0 Å². The van der Waals surface area contributed by atoms with Crippen molar-refractivity contribution in [3.8, 4) is 5.75 Å². The Morgan fingerprint density at radius 1 is 1.33 bits per heavy atom. The van der Waals surface area contributed by atoms with Gasteiger partial charge < -0.3 is 9.84 Å². The Kier molecular flexibility index (Phi) is 4.65. The minimum absolute atomic E-state index is 0.406. The van der Waals surface area contributed by atoms with Crippen molar-refractivity contribution in [2.24, 2.45) is 5.92 Å². The van der Waals surface area contributed by atoms with Crippen LogP contribution in [-0.4, -0.2) is 11.7 Å². The van der Waals surface area contributed by atoms with E-state index in [2.05, 4.69) is 0 Å². The first-order valence-electron chi connectivity index (χ1n) is 7.08. The molecule has 2 nitrogen and oxygen atoms in total. The maximum atomic E-state index is 9.52. The molecule has 2 heteroatoms. The molecule has 0 unspecified atom stereocenters. The Hall–Kier alpha value is -1.02. The fraction of sp³-hybridized carbons (Fsp3) is 0.625. The first kappa shape index (κ1) is 13.4. The molecule has 0 aliphatic heterocycles. The van der Waals surface area contributed by atoms with Gasteiger partial charge in [0.1, 0.15) is 5.75 Å². The van der Waals surface area contributed by atoms with Crippen molar-refractivity contribution in [3.63, 3.8) is 0 Å². The summed E-state index contributed by atoms with van der Waals surface area (Å²) >= 11 is 0. The van der Waals surface area contributed by atoms with E-state index in [0.717, 1.165) is 29.4 Å². The van der Waals surface area contributed by atoms with Gasteiger partial charge in [-0.3, -0.25) is 0 Å². The molecule has 2 rings (SSSR count). The van der Waals surface area contributed by atoms with E-state index in [1.165, 1.54) is 32.1 Å². The quantitative estimate of drug-likeness (QED) is 0.853. The standard InChI is InChI=1S/C16H24O2/c1-12-11-15(13(2)17)7-8-16(12)18-10-9-14-5-3-4-6-14/h7-8,11,13-14,17H,3-6,9-10H2,1-2H3/t13-/m0/s1. The minimum atomic E-state index is -0.406. The third-order valence-corrected chi connectivity index (χ3v) is 3.94. The molecule has 1 fully saturated rings. The van der Waals surface area contributed by atoms with Gasteiger partial charge in [-0.05, 0) is 49.4 Å². The summed E-state index contributed by atoms with van der Waals surface area (Å²) in [6.45, 7) is 4.64. The van der Waals surface area contributed by atoms with Crippen molar-refractivity contribution < 1.29 is 9.84 Å². The van der Waals surface area contributed by atoms with Gasteiger partial charge in [0.25, 0.3) is 0 Å². The lowest BCUT2D eigenvalue weighted by atomic mass is 10.0. The van der Waals surface area contributed by atoms with Gasteiger partial charge in [-0.15, -0.1) is 0 Å². The lowest BCUT2D eigenvalue weighted by Gasteiger charge is -2.13. The average molecular weight is 248 g/mol. The van der Waals surface area contributed by atoms with E-state index in [-0.39, 0.29) is 0 Å². The number of aliphatic hydroxyl groups is 1. The highest BCUT2D eigenvalue weighted by molar-refractivity contribution is 5.36. The fourth-order valence-electron chi connectivity index (χ4n) is 2.73. The largest absolute Gasteiger partial charge is 0.493 e. The summed E-state index contributed by atoms with van der Waals surface area (Å²) in [7, 11) is 0. The average Bonchev–Trinajstić information content (AvgIpc) is 2.84. The maximum absolute atomic E-state index is 9.52. The van der Waals surface area contributed by atoms with E-state index in [1.807, 2.05) is 25.1 Å². The predicted octanol–water partition coefficient (Wildman–Crippen LogP) is 4.01. The smallest absolute Gasteiger partial charge is 0.122 e. The maximum Gasteiger partial charge on any atom is 0.122 e. The van der Waals surface area contributed by atoms with Gasteiger partial charge in [0, 0.05) is 0 Å². The highest BCUT2D eigenvalue weighted by Crippen LogP contribution is 2.28. The molecular formula is C16H24O2. The van der Waals surface area contributed by atoms with E-state index in [0.29, 0.717) is 0 Å². The second-order valence-electron chi connectivity index (χ2n) is 5.49. The predicted molar refractivity (Wildman–Crippen MR) is 73.9 cm³/mol. The molecule has 0 radical (unpaired) electrons. The third kappa shape index (κ3) is 3.49. The molecule has 1 aromatic rings. The molecule has 1 aliphatic carbocycles. The fourth-order valence-corrected chi connectivity index (χ4v) is 2.73. The van der Waals surface area contributed by atoms with Gasteiger partial charge in [0.2, 0.25) is 0 Å². The summed E-state index contributed by atoms with van der Waals surface area (Å²) in [5.74, 6) is 1.83.